The van der Waals surface area contributed by atoms with E-state index in [1.165, 1.54) is 12.3 Å². The number of pyridine rings is 1. The maximum absolute atomic E-state index is 12.5. The van der Waals surface area contributed by atoms with E-state index in [1.807, 2.05) is 6.07 Å². The number of aromatic nitrogens is 2. The average Bonchev–Trinajstić information content (AvgIpc) is 3.05. The van der Waals surface area contributed by atoms with E-state index < -0.39 is 0 Å². The molecular weight excluding hydrogens is 342 g/mol. The summed E-state index contributed by atoms with van der Waals surface area (Å²) in [4.78, 5) is 32.5. The number of H-pyrrole nitrogens is 1. The van der Waals surface area contributed by atoms with Gasteiger partial charge in [-0.1, -0.05) is 11.6 Å². The zero-order valence-corrected chi connectivity index (χ0v) is 14.1. The van der Waals surface area contributed by atoms with Gasteiger partial charge in [-0.2, -0.15) is 0 Å². The molecule has 128 valence electrons. The minimum Gasteiger partial charge on any atom is -0.440 e. The number of fused-ring (bicyclic) bond motifs is 1. The van der Waals surface area contributed by atoms with Crippen molar-refractivity contribution in [1.82, 2.24) is 14.9 Å². The Morgan fingerprint density at radius 2 is 2.04 bits per heavy atom. The van der Waals surface area contributed by atoms with Crippen molar-refractivity contribution in [3.63, 3.8) is 0 Å². The van der Waals surface area contributed by atoms with Gasteiger partial charge in [0.05, 0.1) is 5.56 Å². The molecule has 1 amide bonds. The lowest BCUT2D eigenvalue weighted by Crippen LogP contribution is -2.38. The minimum atomic E-state index is -0.216. The molecule has 1 aromatic carbocycles. The summed E-state index contributed by atoms with van der Waals surface area (Å²) in [6.45, 7) is 1.25. The summed E-state index contributed by atoms with van der Waals surface area (Å²) in [6.07, 6.45) is 3.03. The van der Waals surface area contributed by atoms with E-state index in [-0.39, 0.29) is 17.4 Å². The fourth-order valence-electron chi connectivity index (χ4n) is 3.15. The van der Waals surface area contributed by atoms with Crippen molar-refractivity contribution in [3.8, 4) is 0 Å². The Labute approximate surface area is 148 Å². The lowest BCUT2D eigenvalue weighted by molar-refractivity contribution is 0.0706. The number of amides is 1. The maximum Gasteiger partial charge on any atom is 0.255 e. The first kappa shape index (κ1) is 15.9. The van der Waals surface area contributed by atoms with Gasteiger partial charge in [-0.3, -0.25) is 9.59 Å². The van der Waals surface area contributed by atoms with E-state index in [0.717, 1.165) is 23.9 Å². The lowest BCUT2D eigenvalue weighted by Gasteiger charge is -2.30. The number of aromatic amines is 1. The van der Waals surface area contributed by atoms with Gasteiger partial charge in [-0.05, 0) is 37.1 Å². The van der Waals surface area contributed by atoms with E-state index in [4.69, 9.17) is 16.0 Å². The number of halogens is 1. The molecule has 0 radical (unpaired) electrons. The number of piperidine rings is 1. The number of nitrogens with zero attached hydrogens (tertiary/aromatic N) is 2. The molecule has 4 rings (SSSR count). The van der Waals surface area contributed by atoms with Gasteiger partial charge in [0.25, 0.3) is 5.91 Å². The second-order valence-corrected chi connectivity index (χ2v) is 6.61. The molecule has 1 saturated heterocycles. The highest BCUT2D eigenvalue weighted by molar-refractivity contribution is 6.31. The van der Waals surface area contributed by atoms with Gasteiger partial charge < -0.3 is 14.3 Å². The smallest absolute Gasteiger partial charge is 0.255 e. The molecule has 1 aliphatic rings. The van der Waals surface area contributed by atoms with E-state index in [2.05, 4.69) is 9.97 Å². The van der Waals surface area contributed by atoms with Crippen LogP contribution in [0.2, 0.25) is 5.02 Å². The number of oxazole rings is 1. The van der Waals surface area contributed by atoms with Crippen LogP contribution in [0, 0.1) is 0 Å². The zero-order valence-electron chi connectivity index (χ0n) is 13.4. The van der Waals surface area contributed by atoms with E-state index in [1.54, 1.807) is 23.1 Å². The van der Waals surface area contributed by atoms with Crippen molar-refractivity contribution >= 4 is 28.6 Å². The van der Waals surface area contributed by atoms with Gasteiger partial charge in [-0.25, -0.2) is 4.98 Å². The number of likely N-dealkylation sites (tertiary alicyclic amines) is 1. The Bertz CT molecular complexity index is 966. The molecule has 3 heterocycles. The topological polar surface area (TPSA) is 79.2 Å². The molecule has 0 aliphatic carbocycles. The molecule has 1 aliphatic heterocycles. The van der Waals surface area contributed by atoms with Crippen LogP contribution in [0.15, 0.2) is 45.7 Å². The third-order valence-electron chi connectivity index (χ3n) is 4.53. The van der Waals surface area contributed by atoms with Crippen LogP contribution in [0.4, 0.5) is 0 Å². The van der Waals surface area contributed by atoms with Gasteiger partial charge in [0.1, 0.15) is 5.52 Å². The predicted octanol–water partition coefficient (Wildman–Crippen LogP) is 3.19. The predicted molar refractivity (Wildman–Crippen MR) is 94.0 cm³/mol. The molecule has 0 bridgehead atoms. The summed E-state index contributed by atoms with van der Waals surface area (Å²) in [5, 5.41) is 0.633. The number of carbonyl (C=O) groups is 1. The van der Waals surface area contributed by atoms with Gasteiger partial charge in [0.15, 0.2) is 11.5 Å². The first-order valence-corrected chi connectivity index (χ1v) is 8.52. The van der Waals surface area contributed by atoms with Crippen LogP contribution in [0.1, 0.15) is 35.0 Å². The Kier molecular flexibility index (Phi) is 4.05. The fraction of sp³-hybridized carbons (Fsp3) is 0.278. The standard InChI is InChI=1S/C18H16ClN3O3/c19-13-2-3-15-14(9-13)21-17(25-15)11-5-7-22(8-6-11)18(24)12-1-4-16(23)20-10-12/h1-4,9-11H,5-8H2,(H,20,23). The minimum absolute atomic E-state index is 0.0703. The SMILES string of the molecule is O=C(c1ccc(=O)[nH]c1)N1CCC(c2nc3cc(Cl)ccc3o2)CC1. The van der Waals surface area contributed by atoms with Gasteiger partial charge >= 0.3 is 0 Å². The Morgan fingerprint density at radius 3 is 2.76 bits per heavy atom. The zero-order chi connectivity index (χ0) is 17.4. The molecule has 25 heavy (non-hydrogen) atoms. The van der Waals surface area contributed by atoms with Crippen LogP contribution >= 0.6 is 11.6 Å². The number of nitrogens with one attached hydrogen (secondary N) is 1. The van der Waals surface area contributed by atoms with E-state index in [9.17, 15) is 9.59 Å². The van der Waals surface area contributed by atoms with Crippen LogP contribution in [-0.2, 0) is 0 Å². The van der Waals surface area contributed by atoms with Crippen molar-refractivity contribution < 1.29 is 9.21 Å². The van der Waals surface area contributed by atoms with Crippen molar-refractivity contribution in [3.05, 3.63) is 63.4 Å². The molecule has 0 unspecified atom stereocenters. The number of hydrogen-bond acceptors (Lipinski definition) is 4. The Morgan fingerprint density at radius 1 is 1.24 bits per heavy atom. The van der Waals surface area contributed by atoms with Gasteiger partial charge in [-0.15, -0.1) is 0 Å². The van der Waals surface area contributed by atoms with Crippen molar-refractivity contribution in [2.24, 2.45) is 0 Å². The monoisotopic (exact) mass is 357 g/mol. The number of hydrogen-bond donors (Lipinski definition) is 1. The summed E-state index contributed by atoms with van der Waals surface area (Å²) in [5.41, 5.74) is 1.77. The highest BCUT2D eigenvalue weighted by Gasteiger charge is 2.27. The van der Waals surface area contributed by atoms with Gasteiger partial charge in [0, 0.05) is 36.3 Å². The van der Waals surface area contributed by atoms with Crippen LogP contribution in [0.5, 0.6) is 0 Å². The molecule has 1 N–H and O–H groups in total. The molecule has 0 spiro atoms. The normalized spacial score (nSPS) is 15.6. The summed E-state index contributed by atoms with van der Waals surface area (Å²) in [5.74, 6) is 0.818. The number of rotatable bonds is 2. The quantitative estimate of drug-likeness (QED) is 0.763. The first-order valence-electron chi connectivity index (χ1n) is 8.14. The molecule has 7 heteroatoms. The second kappa shape index (κ2) is 6.37. The fourth-order valence-corrected chi connectivity index (χ4v) is 3.32. The van der Waals surface area contributed by atoms with Crippen LogP contribution < -0.4 is 5.56 Å². The summed E-state index contributed by atoms with van der Waals surface area (Å²) in [7, 11) is 0. The number of benzene rings is 1. The Balaban J connectivity index is 1.46. The molecule has 3 aromatic rings. The van der Waals surface area contributed by atoms with E-state index in [0.29, 0.717) is 29.6 Å². The molecule has 2 aromatic heterocycles. The maximum atomic E-state index is 12.5. The first-order chi connectivity index (χ1) is 12.1. The molecular formula is C18H16ClN3O3. The summed E-state index contributed by atoms with van der Waals surface area (Å²) in [6, 6.07) is 8.31. The van der Waals surface area contributed by atoms with Gasteiger partial charge in [0.2, 0.25) is 5.56 Å². The Hall–Kier alpha value is -2.60. The van der Waals surface area contributed by atoms with Crippen LogP contribution in [0.25, 0.3) is 11.1 Å². The summed E-state index contributed by atoms with van der Waals surface area (Å²) < 4.78 is 5.84. The van der Waals surface area contributed by atoms with Crippen molar-refractivity contribution in [2.45, 2.75) is 18.8 Å². The molecule has 0 atom stereocenters. The molecule has 1 fully saturated rings. The van der Waals surface area contributed by atoms with E-state index >= 15 is 0 Å². The largest absolute Gasteiger partial charge is 0.440 e. The highest BCUT2D eigenvalue weighted by atomic mass is 35.5. The van der Waals surface area contributed by atoms with Crippen LogP contribution in [0.3, 0.4) is 0 Å². The molecule has 6 nitrogen and oxygen atoms in total. The summed E-state index contributed by atoms with van der Waals surface area (Å²) >= 11 is 5.99. The van der Waals surface area contributed by atoms with Crippen molar-refractivity contribution in [1.29, 1.82) is 0 Å². The lowest BCUT2D eigenvalue weighted by atomic mass is 9.96. The number of carbonyl (C=O) groups excluding carboxylic acids is 1. The van der Waals surface area contributed by atoms with Crippen LogP contribution in [-0.4, -0.2) is 33.9 Å². The van der Waals surface area contributed by atoms with Crippen molar-refractivity contribution in [2.75, 3.05) is 13.1 Å². The highest BCUT2D eigenvalue weighted by Crippen LogP contribution is 2.31. The second-order valence-electron chi connectivity index (χ2n) is 6.17. The third-order valence-corrected chi connectivity index (χ3v) is 4.76. The average molecular weight is 358 g/mol. The molecule has 0 saturated carbocycles. The third kappa shape index (κ3) is 3.17.